The Morgan fingerprint density at radius 1 is 1.14 bits per heavy atom. The van der Waals surface area contributed by atoms with Crippen LogP contribution in [0.2, 0.25) is 0 Å². The van der Waals surface area contributed by atoms with Gasteiger partial charge in [-0.2, -0.15) is 0 Å². The summed E-state index contributed by atoms with van der Waals surface area (Å²) in [6.45, 7) is 4.60. The monoisotopic (exact) mass is 188 g/mol. The van der Waals surface area contributed by atoms with Gasteiger partial charge in [0.05, 0.1) is 0 Å². The molecule has 1 aromatic carbocycles. The Balaban J connectivity index is 2.17. The molecule has 1 heteroatoms. The van der Waals surface area contributed by atoms with Crippen LogP contribution in [0, 0.1) is 7.05 Å². The molecule has 0 atom stereocenters. The van der Waals surface area contributed by atoms with E-state index in [9.17, 15) is 0 Å². The van der Waals surface area contributed by atoms with E-state index in [0.717, 1.165) is 13.1 Å². The molecule has 76 valence electrons. The summed E-state index contributed by atoms with van der Waals surface area (Å²) in [4.78, 5) is 2.17. The van der Waals surface area contributed by atoms with Crippen molar-refractivity contribution in [3.8, 4) is 0 Å². The van der Waals surface area contributed by atoms with Crippen molar-refractivity contribution in [2.24, 2.45) is 0 Å². The zero-order valence-corrected chi connectivity index (χ0v) is 8.87. The minimum absolute atomic E-state index is 0.370. The van der Waals surface area contributed by atoms with Gasteiger partial charge in [-0.05, 0) is 36.9 Å². The van der Waals surface area contributed by atoms with Crippen molar-refractivity contribution in [2.45, 2.75) is 25.2 Å². The highest BCUT2D eigenvalue weighted by molar-refractivity contribution is 5.25. The fourth-order valence-electron chi connectivity index (χ4n) is 2.18. The summed E-state index contributed by atoms with van der Waals surface area (Å²) >= 11 is 0. The first kappa shape index (κ1) is 9.72. The maximum atomic E-state index is 3.99. The van der Waals surface area contributed by atoms with Crippen LogP contribution in [-0.4, -0.2) is 18.0 Å². The fourth-order valence-corrected chi connectivity index (χ4v) is 2.18. The van der Waals surface area contributed by atoms with Crippen LogP contribution >= 0.6 is 0 Å². The lowest BCUT2D eigenvalue weighted by atomic mass is 9.75. The summed E-state index contributed by atoms with van der Waals surface area (Å²) in [6.07, 6.45) is 2.45. The third-order valence-corrected chi connectivity index (χ3v) is 3.43. The lowest BCUT2D eigenvalue weighted by molar-refractivity contribution is 0.218. The summed E-state index contributed by atoms with van der Waals surface area (Å²) in [5.74, 6) is 0. The normalized spacial score (nSPS) is 22.1. The molecule has 0 radical (unpaired) electrons. The van der Waals surface area contributed by atoms with Crippen LogP contribution in [0.25, 0.3) is 0 Å². The van der Waals surface area contributed by atoms with Gasteiger partial charge in [0.25, 0.3) is 0 Å². The predicted molar refractivity (Wildman–Crippen MR) is 60.0 cm³/mol. The van der Waals surface area contributed by atoms with Crippen molar-refractivity contribution < 1.29 is 0 Å². The van der Waals surface area contributed by atoms with E-state index in [1.165, 1.54) is 18.4 Å². The third kappa shape index (κ3) is 1.83. The standard InChI is InChI=1S/C13H18N/c1-13(8-10-14(2)11-9-13)12-6-4-3-5-7-12/h3-7H,2,8-11H2,1H3/q-1. The van der Waals surface area contributed by atoms with Gasteiger partial charge in [0.2, 0.25) is 0 Å². The van der Waals surface area contributed by atoms with Crippen molar-refractivity contribution >= 4 is 0 Å². The molecule has 0 amide bonds. The first-order chi connectivity index (χ1) is 6.71. The Kier molecular flexibility index (Phi) is 2.60. The Bertz CT molecular complexity index is 283. The van der Waals surface area contributed by atoms with Crippen molar-refractivity contribution in [2.75, 3.05) is 13.1 Å². The lowest BCUT2D eigenvalue weighted by Crippen LogP contribution is -2.37. The van der Waals surface area contributed by atoms with Crippen LogP contribution in [0.3, 0.4) is 0 Å². The van der Waals surface area contributed by atoms with Gasteiger partial charge < -0.3 is 4.90 Å². The maximum Gasteiger partial charge on any atom is -0.00528 e. The van der Waals surface area contributed by atoms with Crippen LogP contribution in [-0.2, 0) is 5.41 Å². The summed E-state index contributed by atoms with van der Waals surface area (Å²) in [7, 11) is 3.99. The summed E-state index contributed by atoms with van der Waals surface area (Å²) in [6, 6.07) is 10.9. The Hall–Kier alpha value is -0.820. The lowest BCUT2D eigenvalue weighted by Gasteiger charge is -2.42. The van der Waals surface area contributed by atoms with Crippen LogP contribution in [0.4, 0.5) is 0 Å². The first-order valence-electron chi connectivity index (χ1n) is 5.32. The highest BCUT2D eigenvalue weighted by atomic mass is 15.1. The maximum absolute atomic E-state index is 3.99. The Labute approximate surface area is 86.7 Å². The van der Waals surface area contributed by atoms with Gasteiger partial charge in [-0.3, -0.25) is 7.05 Å². The largest absolute Gasteiger partial charge is 0.459 e. The zero-order chi connectivity index (χ0) is 10.0. The molecule has 0 aliphatic carbocycles. The molecule has 1 aromatic rings. The second kappa shape index (κ2) is 3.74. The van der Waals surface area contributed by atoms with Crippen LogP contribution in [0.15, 0.2) is 30.3 Å². The molecule has 2 rings (SSSR count). The Morgan fingerprint density at radius 3 is 2.29 bits per heavy atom. The van der Waals surface area contributed by atoms with E-state index < -0.39 is 0 Å². The van der Waals surface area contributed by atoms with Crippen LogP contribution < -0.4 is 0 Å². The predicted octanol–water partition coefficient (Wildman–Crippen LogP) is 2.83. The number of benzene rings is 1. The van der Waals surface area contributed by atoms with Crippen molar-refractivity contribution in [1.82, 2.24) is 4.90 Å². The fraction of sp³-hybridized carbons (Fsp3) is 0.462. The molecule has 14 heavy (non-hydrogen) atoms. The highest BCUT2D eigenvalue weighted by Crippen LogP contribution is 2.34. The molecule has 1 aliphatic rings. The molecule has 1 heterocycles. The number of likely N-dealkylation sites (tertiary alicyclic amines) is 1. The van der Waals surface area contributed by atoms with Gasteiger partial charge >= 0.3 is 0 Å². The van der Waals surface area contributed by atoms with Crippen molar-refractivity contribution in [1.29, 1.82) is 0 Å². The number of piperidine rings is 1. The molecule has 1 fully saturated rings. The van der Waals surface area contributed by atoms with Gasteiger partial charge in [0.15, 0.2) is 0 Å². The van der Waals surface area contributed by atoms with E-state index >= 15 is 0 Å². The van der Waals surface area contributed by atoms with E-state index in [4.69, 9.17) is 0 Å². The van der Waals surface area contributed by atoms with E-state index in [1.54, 1.807) is 0 Å². The van der Waals surface area contributed by atoms with Gasteiger partial charge in [-0.1, -0.05) is 37.3 Å². The SMILES string of the molecule is [CH2-]N1CCC(C)(c2ccccc2)CC1. The smallest absolute Gasteiger partial charge is 0.00528 e. The second-order valence-electron chi connectivity index (χ2n) is 4.54. The van der Waals surface area contributed by atoms with Gasteiger partial charge in [0, 0.05) is 0 Å². The molecule has 1 saturated heterocycles. The second-order valence-corrected chi connectivity index (χ2v) is 4.54. The summed E-state index contributed by atoms with van der Waals surface area (Å²) in [5.41, 5.74) is 1.85. The molecular weight excluding hydrogens is 170 g/mol. The molecular formula is C13H18N-. The van der Waals surface area contributed by atoms with Gasteiger partial charge in [-0.25, -0.2) is 0 Å². The highest BCUT2D eigenvalue weighted by Gasteiger charge is 2.28. The van der Waals surface area contributed by atoms with E-state index in [2.05, 4.69) is 49.2 Å². The zero-order valence-electron chi connectivity index (χ0n) is 8.87. The van der Waals surface area contributed by atoms with E-state index in [-0.39, 0.29) is 0 Å². The van der Waals surface area contributed by atoms with Crippen molar-refractivity contribution in [3.05, 3.63) is 42.9 Å². The van der Waals surface area contributed by atoms with Crippen LogP contribution in [0.1, 0.15) is 25.3 Å². The molecule has 0 unspecified atom stereocenters. The minimum atomic E-state index is 0.370. The molecule has 1 aliphatic heterocycles. The number of hydrogen-bond donors (Lipinski definition) is 0. The summed E-state index contributed by atoms with van der Waals surface area (Å²) in [5, 5.41) is 0. The number of nitrogens with zero attached hydrogens (tertiary/aromatic N) is 1. The van der Waals surface area contributed by atoms with Gasteiger partial charge in [0.1, 0.15) is 0 Å². The number of hydrogen-bond acceptors (Lipinski definition) is 1. The molecule has 0 N–H and O–H groups in total. The Morgan fingerprint density at radius 2 is 1.71 bits per heavy atom. The van der Waals surface area contributed by atoms with Crippen LogP contribution in [0.5, 0.6) is 0 Å². The van der Waals surface area contributed by atoms with E-state index in [0.29, 0.717) is 5.41 Å². The topological polar surface area (TPSA) is 3.24 Å². The first-order valence-corrected chi connectivity index (χ1v) is 5.32. The average molecular weight is 188 g/mol. The van der Waals surface area contributed by atoms with Crippen molar-refractivity contribution in [3.63, 3.8) is 0 Å². The minimum Gasteiger partial charge on any atom is -0.459 e. The molecule has 0 bridgehead atoms. The molecule has 0 aromatic heterocycles. The quantitative estimate of drug-likeness (QED) is 0.613. The molecule has 0 spiro atoms. The summed E-state index contributed by atoms with van der Waals surface area (Å²) < 4.78 is 0. The van der Waals surface area contributed by atoms with E-state index in [1.807, 2.05) is 0 Å². The number of rotatable bonds is 1. The van der Waals surface area contributed by atoms with Gasteiger partial charge in [-0.15, -0.1) is 0 Å². The molecule has 0 saturated carbocycles. The average Bonchev–Trinajstić information content (AvgIpc) is 2.24. The third-order valence-electron chi connectivity index (χ3n) is 3.43. The molecule has 1 nitrogen and oxygen atoms in total.